The van der Waals surface area contributed by atoms with Crippen LogP contribution in [0, 0.1) is 0 Å². The molecular weight excluding hydrogens is 473 g/mol. The largest absolute Gasteiger partial charge is 0.416 e. The van der Waals surface area contributed by atoms with Crippen LogP contribution in [0.2, 0.25) is 0 Å². The van der Waals surface area contributed by atoms with Crippen LogP contribution in [0.15, 0.2) is 42.6 Å². The zero-order valence-electron chi connectivity index (χ0n) is 20.4. The molecule has 192 valence electrons. The van der Waals surface area contributed by atoms with Gasteiger partial charge in [0.05, 0.1) is 11.6 Å². The first kappa shape index (κ1) is 25.7. The maximum absolute atomic E-state index is 13.0. The maximum Gasteiger partial charge on any atom is 0.416 e. The SMILES string of the molecule is CC1CCC(C)N1C(=O)c1ccc([C@@H](C)NC(=O)C2(NC(=O)c3cc(C(F)(F)F)ccn3)CC2)cc1. The maximum atomic E-state index is 13.0. The van der Waals surface area contributed by atoms with Crippen molar-refractivity contribution in [2.24, 2.45) is 0 Å². The van der Waals surface area contributed by atoms with E-state index in [1.54, 1.807) is 31.2 Å². The van der Waals surface area contributed by atoms with Crippen molar-refractivity contribution in [3.63, 3.8) is 0 Å². The molecule has 1 aromatic heterocycles. The van der Waals surface area contributed by atoms with E-state index in [1.165, 1.54) is 0 Å². The standard InChI is InChI=1S/C26H29F3N4O3/c1-15-4-5-16(2)33(15)23(35)19-8-6-18(7-9-19)17(3)31-24(36)25(11-12-25)32-22(34)21-14-20(10-13-30-21)26(27,28)29/h6-10,13-17H,4-5,11-12H2,1-3H3,(H,31,36)(H,32,34)/t15?,16?,17-/m1/s1. The molecule has 1 saturated heterocycles. The van der Waals surface area contributed by atoms with Gasteiger partial charge in [-0.25, -0.2) is 0 Å². The van der Waals surface area contributed by atoms with E-state index in [9.17, 15) is 27.6 Å². The Morgan fingerprint density at radius 2 is 1.67 bits per heavy atom. The number of carbonyl (C=O) groups is 3. The van der Waals surface area contributed by atoms with Gasteiger partial charge >= 0.3 is 6.18 Å². The van der Waals surface area contributed by atoms with Crippen molar-refractivity contribution < 1.29 is 27.6 Å². The Morgan fingerprint density at radius 1 is 1.06 bits per heavy atom. The highest BCUT2D eigenvalue weighted by Crippen LogP contribution is 2.37. The van der Waals surface area contributed by atoms with E-state index in [4.69, 9.17) is 0 Å². The van der Waals surface area contributed by atoms with Gasteiger partial charge in [-0.3, -0.25) is 19.4 Å². The van der Waals surface area contributed by atoms with Crippen LogP contribution in [0.25, 0.3) is 0 Å². The van der Waals surface area contributed by atoms with Gasteiger partial charge in [0.15, 0.2) is 0 Å². The second-order valence-corrected chi connectivity index (χ2v) is 9.77. The lowest BCUT2D eigenvalue weighted by molar-refractivity contribution is -0.137. The number of pyridine rings is 1. The van der Waals surface area contributed by atoms with Crippen molar-refractivity contribution in [2.75, 3.05) is 0 Å². The molecule has 3 atom stereocenters. The number of hydrogen-bond donors (Lipinski definition) is 2. The van der Waals surface area contributed by atoms with Crippen LogP contribution in [0.3, 0.4) is 0 Å². The molecule has 2 heterocycles. The predicted molar refractivity (Wildman–Crippen MR) is 126 cm³/mol. The van der Waals surface area contributed by atoms with E-state index < -0.39 is 40.8 Å². The Balaban J connectivity index is 1.38. The topological polar surface area (TPSA) is 91.4 Å². The van der Waals surface area contributed by atoms with Crippen molar-refractivity contribution in [1.29, 1.82) is 0 Å². The third kappa shape index (κ3) is 5.22. The Bertz CT molecular complexity index is 1150. The van der Waals surface area contributed by atoms with Crippen molar-refractivity contribution in [3.8, 4) is 0 Å². The molecule has 7 nitrogen and oxygen atoms in total. The molecule has 2 aromatic rings. The highest BCUT2D eigenvalue weighted by molar-refractivity contribution is 6.00. The first-order valence-electron chi connectivity index (χ1n) is 12.0. The molecule has 10 heteroatoms. The van der Waals surface area contributed by atoms with Crippen LogP contribution in [-0.2, 0) is 11.0 Å². The molecule has 1 saturated carbocycles. The average Bonchev–Trinajstić information content (AvgIpc) is 3.55. The van der Waals surface area contributed by atoms with Gasteiger partial charge in [-0.2, -0.15) is 13.2 Å². The first-order chi connectivity index (χ1) is 16.9. The third-order valence-corrected chi connectivity index (χ3v) is 7.05. The van der Waals surface area contributed by atoms with E-state index in [0.29, 0.717) is 24.5 Å². The lowest BCUT2D eigenvalue weighted by Gasteiger charge is -2.26. The zero-order chi connectivity index (χ0) is 26.3. The van der Waals surface area contributed by atoms with Gasteiger partial charge in [-0.05, 0) is 76.3 Å². The fourth-order valence-electron chi connectivity index (χ4n) is 4.62. The predicted octanol–water partition coefficient (Wildman–Crippen LogP) is 4.25. The highest BCUT2D eigenvalue weighted by atomic mass is 19.4. The average molecular weight is 503 g/mol. The van der Waals surface area contributed by atoms with E-state index in [0.717, 1.165) is 30.7 Å². The van der Waals surface area contributed by atoms with Crippen LogP contribution in [-0.4, -0.2) is 45.2 Å². The number of aromatic nitrogens is 1. The molecule has 2 aliphatic rings. The second-order valence-electron chi connectivity index (χ2n) is 9.77. The van der Waals surface area contributed by atoms with Crippen molar-refractivity contribution in [2.45, 2.75) is 76.3 Å². The van der Waals surface area contributed by atoms with Gasteiger partial charge < -0.3 is 15.5 Å². The lowest BCUT2D eigenvalue weighted by atomic mass is 10.0. The minimum atomic E-state index is -4.60. The molecule has 3 amide bonds. The van der Waals surface area contributed by atoms with Crippen LogP contribution in [0.4, 0.5) is 13.2 Å². The summed E-state index contributed by atoms with van der Waals surface area (Å²) in [5.41, 5.74) is -1.21. The summed E-state index contributed by atoms with van der Waals surface area (Å²) in [6.07, 6.45) is -0.982. The highest BCUT2D eigenvalue weighted by Gasteiger charge is 2.51. The smallest absolute Gasteiger partial charge is 0.348 e. The minimum Gasteiger partial charge on any atom is -0.348 e. The fraction of sp³-hybridized carbons (Fsp3) is 0.462. The molecule has 0 radical (unpaired) electrons. The Hall–Kier alpha value is -3.43. The Morgan fingerprint density at radius 3 is 2.22 bits per heavy atom. The molecule has 0 bridgehead atoms. The monoisotopic (exact) mass is 502 g/mol. The van der Waals surface area contributed by atoms with Crippen molar-refractivity contribution in [1.82, 2.24) is 20.5 Å². The summed E-state index contributed by atoms with van der Waals surface area (Å²) in [5, 5.41) is 5.41. The third-order valence-electron chi connectivity index (χ3n) is 7.05. The van der Waals surface area contributed by atoms with Gasteiger partial charge in [0, 0.05) is 23.8 Å². The van der Waals surface area contributed by atoms with Crippen LogP contribution < -0.4 is 10.6 Å². The van der Waals surface area contributed by atoms with Gasteiger partial charge in [0.2, 0.25) is 5.91 Å². The van der Waals surface area contributed by atoms with Gasteiger partial charge in [-0.1, -0.05) is 12.1 Å². The minimum absolute atomic E-state index is 0.0152. The molecular formula is C26H29F3N4O3. The van der Waals surface area contributed by atoms with Crippen molar-refractivity contribution >= 4 is 17.7 Å². The molecule has 1 aliphatic carbocycles. The molecule has 36 heavy (non-hydrogen) atoms. The van der Waals surface area contributed by atoms with Gasteiger partial charge in [-0.15, -0.1) is 0 Å². The molecule has 0 spiro atoms. The number of carbonyl (C=O) groups excluding carboxylic acids is 3. The van der Waals surface area contributed by atoms with E-state index in [2.05, 4.69) is 15.6 Å². The molecule has 1 aliphatic heterocycles. The first-order valence-corrected chi connectivity index (χ1v) is 12.0. The number of benzene rings is 1. The normalized spacial score (nSPS) is 21.6. The van der Waals surface area contributed by atoms with E-state index in [1.807, 2.05) is 18.7 Å². The van der Waals surface area contributed by atoms with E-state index in [-0.39, 0.29) is 18.0 Å². The Kier molecular flexibility index (Phi) is 6.81. The van der Waals surface area contributed by atoms with Crippen molar-refractivity contribution in [3.05, 3.63) is 65.0 Å². The summed E-state index contributed by atoms with van der Waals surface area (Å²) >= 11 is 0. The van der Waals surface area contributed by atoms with Crippen LogP contribution in [0.1, 0.15) is 84.5 Å². The number of amides is 3. The summed E-state index contributed by atoms with van der Waals surface area (Å²) in [5.74, 6) is -1.27. The molecule has 4 rings (SSSR count). The number of hydrogen-bond acceptors (Lipinski definition) is 4. The summed E-state index contributed by atoms with van der Waals surface area (Å²) < 4.78 is 38.9. The van der Waals surface area contributed by atoms with Crippen LogP contribution >= 0.6 is 0 Å². The molecule has 2 unspecified atom stereocenters. The second kappa shape index (κ2) is 9.55. The zero-order valence-corrected chi connectivity index (χ0v) is 20.4. The summed E-state index contributed by atoms with van der Waals surface area (Å²) in [6.45, 7) is 5.87. The number of nitrogens with zero attached hydrogens (tertiary/aromatic N) is 2. The molecule has 1 aromatic carbocycles. The number of rotatable bonds is 6. The molecule has 2 fully saturated rings. The fourth-order valence-corrected chi connectivity index (χ4v) is 4.62. The van der Waals surface area contributed by atoms with Gasteiger partial charge in [0.25, 0.3) is 11.8 Å². The molecule has 2 N–H and O–H groups in total. The Labute approximate surface area is 207 Å². The number of nitrogens with one attached hydrogen (secondary N) is 2. The lowest BCUT2D eigenvalue weighted by Crippen LogP contribution is -2.49. The quantitative estimate of drug-likeness (QED) is 0.618. The van der Waals surface area contributed by atoms with Gasteiger partial charge in [0.1, 0.15) is 11.2 Å². The number of halogens is 3. The summed E-state index contributed by atoms with van der Waals surface area (Å²) in [4.78, 5) is 44.0. The summed E-state index contributed by atoms with van der Waals surface area (Å²) in [6, 6.07) is 8.48. The number of alkyl halides is 3. The van der Waals surface area contributed by atoms with Crippen LogP contribution in [0.5, 0.6) is 0 Å². The number of likely N-dealkylation sites (tertiary alicyclic amines) is 1. The summed E-state index contributed by atoms with van der Waals surface area (Å²) in [7, 11) is 0. The van der Waals surface area contributed by atoms with E-state index >= 15 is 0 Å².